The van der Waals surface area contributed by atoms with Crippen LogP contribution in [0.3, 0.4) is 0 Å². The first kappa shape index (κ1) is 16.7. The number of hydrogen-bond donors (Lipinski definition) is 2. The minimum atomic E-state index is -0.237. The highest BCUT2D eigenvalue weighted by atomic mass is 79.9. The number of aromatic nitrogens is 2. The van der Waals surface area contributed by atoms with Crippen molar-refractivity contribution < 1.29 is 14.6 Å². The van der Waals surface area contributed by atoms with E-state index >= 15 is 0 Å². The quantitative estimate of drug-likeness (QED) is 0.683. The Morgan fingerprint density at radius 3 is 2.85 bits per heavy atom. The topological polar surface area (TPSA) is 76.4 Å². The zero-order valence-corrected chi connectivity index (χ0v) is 15.5. The highest BCUT2D eigenvalue weighted by Crippen LogP contribution is 2.40. The Morgan fingerprint density at radius 2 is 2.12 bits per heavy atom. The van der Waals surface area contributed by atoms with Gasteiger partial charge in [0.1, 0.15) is 12.1 Å². The molecule has 0 saturated heterocycles. The second-order valence-electron chi connectivity index (χ2n) is 6.04. The van der Waals surface area contributed by atoms with Gasteiger partial charge in [0, 0.05) is 16.8 Å². The van der Waals surface area contributed by atoms with Crippen LogP contribution >= 0.6 is 15.9 Å². The van der Waals surface area contributed by atoms with Gasteiger partial charge in [-0.25, -0.2) is 4.98 Å². The number of imidazole rings is 1. The second kappa shape index (κ2) is 6.49. The van der Waals surface area contributed by atoms with Crippen LogP contribution in [0.2, 0.25) is 0 Å². The van der Waals surface area contributed by atoms with Gasteiger partial charge in [-0.05, 0) is 45.8 Å². The molecule has 26 heavy (non-hydrogen) atoms. The highest BCUT2D eigenvalue weighted by Gasteiger charge is 2.31. The molecule has 0 spiro atoms. The lowest BCUT2D eigenvalue weighted by Gasteiger charge is -2.24. The first-order chi connectivity index (χ1) is 12.6. The van der Waals surface area contributed by atoms with E-state index in [4.69, 9.17) is 4.74 Å². The molecule has 2 aromatic carbocycles. The van der Waals surface area contributed by atoms with Gasteiger partial charge in [-0.3, -0.25) is 9.36 Å². The molecule has 4 rings (SSSR count). The number of benzene rings is 2. The van der Waals surface area contributed by atoms with Gasteiger partial charge in [0.15, 0.2) is 11.5 Å². The second-order valence-corrected chi connectivity index (χ2v) is 6.89. The molecule has 0 unspecified atom stereocenters. The number of halogens is 1. The van der Waals surface area contributed by atoms with Crippen molar-refractivity contribution in [1.29, 1.82) is 0 Å². The number of methoxy groups -OCH3 is 1. The van der Waals surface area contributed by atoms with Gasteiger partial charge in [0.05, 0.1) is 18.5 Å². The summed E-state index contributed by atoms with van der Waals surface area (Å²) in [6.45, 7) is 0. The fraction of sp³-hybridized carbons (Fsp3) is 0.158. The first-order valence-electron chi connectivity index (χ1n) is 8.07. The maximum atomic E-state index is 12.3. The van der Waals surface area contributed by atoms with Crippen molar-refractivity contribution in [3.8, 4) is 17.2 Å². The van der Waals surface area contributed by atoms with Gasteiger partial charge in [0.25, 0.3) is 0 Å². The molecule has 0 radical (unpaired) electrons. The molecule has 1 aromatic heterocycles. The summed E-state index contributed by atoms with van der Waals surface area (Å²) < 4.78 is 7.85. The van der Waals surface area contributed by atoms with E-state index in [9.17, 15) is 9.90 Å². The first-order valence-corrected chi connectivity index (χ1v) is 8.86. The number of nitrogens with one attached hydrogen (secondary N) is 1. The van der Waals surface area contributed by atoms with Crippen molar-refractivity contribution >= 4 is 27.7 Å². The number of rotatable bonds is 3. The van der Waals surface area contributed by atoms with E-state index in [1.165, 1.54) is 7.11 Å². The SMILES string of the molecule is COc1ccc([C@@H]2CC(=O)Nc3c2ncn3-c2ccccc2Br)cc1O. The molecule has 2 heterocycles. The van der Waals surface area contributed by atoms with E-state index in [0.29, 0.717) is 11.6 Å². The molecule has 132 valence electrons. The minimum Gasteiger partial charge on any atom is -0.504 e. The fourth-order valence-corrected chi connectivity index (χ4v) is 3.71. The number of phenols is 1. The molecule has 1 aliphatic rings. The number of carbonyl (C=O) groups excluding carboxylic acids is 1. The maximum absolute atomic E-state index is 12.3. The summed E-state index contributed by atoms with van der Waals surface area (Å²) in [6, 6.07) is 12.9. The van der Waals surface area contributed by atoms with Crippen LogP contribution in [0, 0.1) is 0 Å². The van der Waals surface area contributed by atoms with Crippen molar-refractivity contribution in [3.05, 3.63) is 64.5 Å². The van der Waals surface area contributed by atoms with E-state index in [1.54, 1.807) is 18.5 Å². The molecule has 0 fully saturated rings. The third-order valence-electron chi connectivity index (χ3n) is 4.49. The number of phenolic OH excluding ortho intramolecular Hbond substituents is 1. The molecule has 7 heteroatoms. The predicted octanol–water partition coefficient (Wildman–Crippen LogP) is 3.82. The molecule has 2 N–H and O–H groups in total. The Balaban J connectivity index is 1.81. The molecule has 1 amide bonds. The lowest BCUT2D eigenvalue weighted by atomic mass is 9.89. The molecule has 1 aliphatic heterocycles. The van der Waals surface area contributed by atoms with Crippen molar-refractivity contribution in [2.75, 3.05) is 12.4 Å². The number of ether oxygens (including phenoxy) is 1. The summed E-state index contributed by atoms with van der Waals surface area (Å²) in [4.78, 5) is 16.9. The number of fused-ring (bicyclic) bond motifs is 1. The van der Waals surface area contributed by atoms with Crippen LogP contribution in [0.5, 0.6) is 11.5 Å². The van der Waals surface area contributed by atoms with Gasteiger partial charge in [-0.1, -0.05) is 18.2 Å². The Morgan fingerprint density at radius 1 is 1.31 bits per heavy atom. The molecule has 1 atom stereocenters. The molecule has 0 saturated carbocycles. The highest BCUT2D eigenvalue weighted by molar-refractivity contribution is 9.10. The zero-order chi connectivity index (χ0) is 18.3. The Labute approximate surface area is 158 Å². The largest absolute Gasteiger partial charge is 0.504 e. The summed E-state index contributed by atoms with van der Waals surface area (Å²) in [6.07, 6.45) is 1.97. The molecule has 6 nitrogen and oxygen atoms in total. The van der Waals surface area contributed by atoms with Crippen LogP contribution in [0.4, 0.5) is 5.82 Å². The van der Waals surface area contributed by atoms with E-state index in [1.807, 2.05) is 34.9 Å². The number of aromatic hydroxyl groups is 1. The van der Waals surface area contributed by atoms with Crippen molar-refractivity contribution in [2.45, 2.75) is 12.3 Å². The molecular weight excluding hydrogens is 398 g/mol. The van der Waals surface area contributed by atoms with E-state index in [0.717, 1.165) is 21.4 Å². The van der Waals surface area contributed by atoms with Crippen LogP contribution in [-0.2, 0) is 4.79 Å². The average molecular weight is 414 g/mol. The number of carbonyl (C=O) groups is 1. The fourth-order valence-electron chi connectivity index (χ4n) is 3.24. The maximum Gasteiger partial charge on any atom is 0.226 e. The van der Waals surface area contributed by atoms with Crippen LogP contribution in [0.1, 0.15) is 23.6 Å². The van der Waals surface area contributed by atoms with Crippen LogP contribution < -0.4 is 10.1 Å². The predicted molar refractivity (Wildman–Crippen MR) is 101 cm³/mol. The number of para-hydroxylation sites is 1. The molecule has 3 aromatic rings. The smallest absolute Gasteiger partial charge is 0.226 e. The van der Waals surface area contributed by atoms with Gasteiger partial charge < -0.3 is 15.2 Å². The lowest BCUT2D eigenvalue weighted by Crippen LogP contribution is -2.25. The van der Waals surface area contributed by atoms with Crippen molar-refractivity contribution in [1.82, 2.24) is 9.55 Å². The van der Waals surface area contributed by atoms with E-state index in [2.05, 4.69) is 26.2 Å². The number of nitrogens with zero attached hydrogens (tertiary/aromatic N) is 2. The summed E-state index contributed by atoms with van der Waals surface area (Å²) >= 11 is 3.54. The van der Waals surface area contributed by atoms with Gasteiger partial charge in [0.2, 0.25) is 5.91 Å². The standard InChI is InChI=1S/C19H16BrN3O3/c1-26-16-7-6-11(8-15(16)24)12-9-17(25)22-19-18(12)21-10-23(19)14-5-3-2-4-13(14)20/h2-8,10,12,24H,9H2,1H3,(H,22,25)/t12-/m0/s1. The number of anilines is 1. The molecule has 0 aliphatic carbocycles. The third kappa shape index (κ3) is 2.74. The molecular formula is C19H16BrN3O3. The summed E-state index contributed by atoms with van der Waals surface area (Å²) in [5, 5.41) is 13.0. The van der Waals surface area contributed by atoms with Crippen molar-refractivity contribution in [2.24, 2.45) is 0 Å². The average Bonchev–Trinajstić information content (AvgIpc) is 3.05. The normalized spacial score (nSPS) is 16.1. The zero-order valence-electron chi connectivity index (χ0n) is 13.9. The Hall–Kier alpha value is -2.80. The van der Waals surface area contributed by atoms with Gasteiger partial charge >= 0.3 is 0 Å². The summed E-state index contributed by atoms with van der Waals surface area (Å²) in [7, 11) is 1.50. The number of amides is 1. The van der Waals surface area contributed by atoms with E-state index < -0.39 is 0 Å². The van der Waals surface area contributed by atoms with E-state index in [-0.39, 0.29) is 24.0 Å². The lowest BCUT2D eigenvalue weighted by molar-refractivity contribution is -0.116. The molecule has 0 bridgehead atoms. The van der Waals surface area contributed by atoms with Crippen LogP contribution in [-0.4, -0.2) is 27.7 Å². The summed E-state index contributed by atoms with van der Waals surface area (Å²) in [5.41, 5.74) is 2.47. The van der Waals surface area contributed by atoms with Crippen molar-refractivity contribution in [3.63, 3.8) is 0 Å². The number of hydrogen-bond acceptors (Lipinski definition) is 4. The van der Waals surface area contributed by atoms with Crippen LogP contribution in [0.25, 0.3) is 5.69 Å². The monoisotopic (exact) mass is 413 g/mol. The third-order valence-corrected chi connectivity index (χ3v) is 5.16. The van der Waals surface area contributed by atoms with Gasteiger partial charge in [-0.2, -0.15) is 0 Å². The Bertz CT molecular complexity index is 999. The summed E-state index contributed by atoms with van der Waals surface area (Å²) in [5.74, 6) is 0.759. The Kier molecular flexibility index (Phi) is 4.16. The van der Waals surface area contributed by atoms with Gasteiger partial charge in [-0.15, -0.1) is 0 Å². The minimum absolute atomic E-state index is 0.0442. The van der Waals surface area contributed by atoms with Crippen LogP contribution in [0.15, 0.2) is 53.3 Å².